The minimum atomic E-state index is -0.300. The van der Waals surface area contributed by atoms with E-state index in [0.29, 0.717) is 11.5 Å². The number of benzene rings is 1. The molecule has 0 atom stereocenters. The Morgan fingerprint density at radius 2 is 2.18 bits per heavy atom. The Balaban J connectivity index is 2.26. The van der Waals surface area contributed by atoms with Gasteiger partial charge in [-0.1, -0.05) is 15.9 Å². The molecule has 0 aliphatic heterocycles. The molecule has 0 fully saturated rings. The standard InChI is InChI=1S/C16H16BrNO3S/c1-4-21-16(19)15-10(2)7-14(22-15)18-9-11-8-12(17)5-6-13(11)20-3/h5-9H,4H2,1-3H3/b18-9+. The molecule has 22 heavy (non-hydrogen) atoms. The van der Waals surface area contributed by atoms with Gasteiger partial charge in [0.15, 0.2) is 0 Å². The van der Waals surface area contributed by atoms with E-state index in [1.54, 1.807) is 20.2 Å². The Bertz CT molecular complexity index is 709. The Labute approximate surface area is 141 Å². The first kappa shape index (κ1) is 16.7. The maximum atomic E-state index is 11.8. The highest BCUT2D eigenvalue weighted by Gasteiger charge is 2.14. The molecule has 0 N–H and O–H groups in total. The summed E-state index contributed by atoms with van der Waals surface area (Å²) in [7, 11) is 1.62. The van der Waals surface area contributed by atoms with Crippen molar-refractivity contribution >= 4 is 44.5 Å². The van der Waals surface area contributed by atoms with E-state index >= 15 is 0 Å². The molecule has 1 aromatic heterocycles. The van der Waals surface area contributed by atoms with Gasteiger partial charge in [-0.05, 0) is 43.7 Å². The number of thiophene rings is 1. The van der Waals surface area contributed by atoms with Gasteiger partial charge in [0.05, 0.1) is 13.7 Å². The zero-order valence-corrected chi connectivity index (χ0v) is 15.0. The number of carbonyl (C=O) groups excluding carboxylic acids is 1. The fraction of sp³-hybridized carbons (Fsp3) is 0.250. The number of rotatable bonds is 5. The second-order valence-corrected chi connectivity index (χ2v) is 6.41. The van der Waals surface area contributed by atoms with Gasteiger partial charge < -0.3 is 9.47 Å². The van der Waals surface area contributed by atoms with E-state index in [1.807, 2.05) is 31.2 Å². The molecule has 6 heteroatoms. The van der Waals surface area contributed by atoms with E-state index in [0.717, 1.165) is 26.4 Å². The number of hydrogen-bond acceptors (Lipinski definition) is 5. The van der Waals surface area contributed by atoms with Gasteiger partial charge >= 0.3 is 5.97 Å². The lowest BCUT2D eigenvalue weighted by atomic mass is 10.2. The molecule has 0 radical (unpaired) electrons. The zero-order chi connectivity index (χ0) is 16.1. The Kier molecular flexibility index (Phi) is 5.74. The van der Waals surface area contributed by atoms with Crippen molar-refractivity contribution in [3.05, 3.63) is 44.7 Å². The summed E-state index contributed by atoms with van der Waals surface area (Å²) in [4.78, 5) is 16.8. The maximum absolute atomic E-state index is 11.8. The normalized spacial score (nSPS) is 10.9. The first-order valence-corrected chi connectivity index (χ1v) is 8.31. The van der Waals surface area contributed by atoms with Crippen LogP contribution in [0.15, 0.2) is 33.7 Å². The lowest BCUT2D eigenvalue weighted by Gasteiger charge is -2.03. The first-order chi connectivity index (χ1) is 10.5. The number of esters is 1. The topological polar surface area (TPSA) is 47.9 Å². The largest absolute Gasteiger partial charge is 0.496 e. The molecule has 0 unspecified atom stereocenters. The van der Waals surface area contributed by atoms with E-state index in [9.17, 15) is 4.79 Å². The predicted octanol–water partition coefficient (Wildman–Crippen LogP) is 4.75. The third-order valence-corrected chi connectivity index (χ3v) is 4.51. The Morgan fingerprint density at radius 1 is 1.41 bits per heavy atom. The molecule has 1 aromatic carbocycles. The molecule has 4 nitrogen and oxygen atoms in total. The molecule has 1 heterocycles. The second kappa shape index (κ2) is 7.56. The van der Waals surface area contributed by atoms with Gasteiger partial charge in [-0.3, -0.25) is 0 Å². The molecule has 0 aliphatic rings. The zero-order valence-electron chi connectivity index (χ0n) is 12.6. The Morgan fingerprint density at radius 3 is 2.86 bits per heavy atom. The summed E-state index contributed by atoms with van der Waals surface area (Å²) >= 11 is 4.75. The second-order valence-electron chi connectivity index (χ2n) is 4.46. The van der Waals surface area contributed by atoms with Crippen LogP contribution in [0.3, 0.4) is 0 Å². The van der Waals surface area contributed by atoms with Gasteiger partial charge in [0.2, 0.25) is 0 Å². The molecule has 116 valence electrons. The number of ether oxygens (including phenoxy) is 2. The van der Waals surface area contributed by atoms with Gasteiger partial charge in [-0.15, -0.1) is 11.3 Å². The van der Waals surface area contributed by atoms with Crippen LogP contribution in [0.2, 0.25) is 0 Å². The summed E-state index contributed by atoms with van der Waals surface area (Å²) in [5.74, 6) is 0.442. The van der Waals surface area contributed by atoms with Crippen LogP contribution in [-0.4, -0.2) is 25.9 Å². The van der Waals surface area contributed by atoms with Crippen LogP contribution in [0.4, 0.5) is 5.00 Å². The molecule has 0 amide bonds. The van der Waals surface area contributed by atoms with Gasteiger partial charge in [0, 0.05) is 16.3 Å². The summed E-state index contributed by atoms with van der Waals surface area (Å²) < 4.78 is 11.3. The molecular weight excluding hydrogens is 366 g/mol. The minimum Gasteiger partial charge on any atom is -0.496 e. The quantitative estimate of drug-likeness (QED) is 0.554. The Hall–Kier alpha value is -1.66. The molecule has 0 bridgehead atoms. The van der Waals surface area contributed by atoms with E-state index in [1.165, 1.54) is 11.3 Å². The van der Waals surface area contributed by atoms with Crippen molar-refractivity contribution in [2.45, 2.75) is 13.8 Å². The average Bonchev–Trinajstić information content (AvgIpc) is 2.86. The number of hydrogen-bond donors (Lipinski definition) is 0. The molecule has 0 saturated heterocycles. The number of carbonyl (C=O) groups is 1. The number of aliphatic imine (C=N–C) groups is 1. The highest BCUT2D eigenvalue weighted by Crippen LogP contribution is 2.30. The molecule has 0 aliphatic carbocycles. The fourth-order valence-electron chi connectivity index (χ4n) is 1.87. The van der Waals surface area contributed by atoms with Crippen molar-refractivity contribution in [2.75, 3.05) is 13.7 Å². The number of methoxy groups -OCH3 is 1. The molecule has 2 rings (SSSR count). The monoisotopic (exact) mass is 381 g/mol. The van der Waals surface area contributed by atoms with Gasteiger partial charge in [0.25, 0.3) is 0 Å². The summed E-state index contributed by atoms with van der Waals surface area (Å²) in [6.07, 6.45) is 1.73. The first-order valence-electron chi connectivity index (χ1n) is 6.70. The smallest absolute Gasteiger partial charge is 0.348 e. The van der Waals surface area contributed by atoms with Crippen molar-refractivity contribution in [1.29, 1.82) is 0 Å². The van der Waals surface area contributed by atoms with Crippen LogP contribution >= 0.6 is 27.3 Å². The van der Waals surface area contributed by atoms with Crippen LogP contribution in [-0.2, 0) is 4.74 Å². The summed E-state index contributed by atoms with van der Waals surface area (Å²) in [6.45, 7) is 4.03. The maximum Gasteiger partial charge on any atom is 0.348 e. The minimum absolute atomic E-state index is 0.300. The van der Waals surface area contributed by atoms with E-state index in [2.05, 4.69) is 20.9 Å². The average molecular weight is 382 g/mol. The molecular formula is C16H16BrNO3S. The predicted molar refractivity (Wildman–Crippen MR) is 93.0 cm³/mol. The van der Waals surface area contributed by atoms with Crippen LogP contribution in [0.5, 0.6) is 5.75 Å². The summed E-state index contributed by atoms with van der Waals surface area (Å²) in [5.41, 5.74) is 1.73. The number of halogens is 1. The third-order valence-electron chi connectivity index (χ3n) is 2.89. The van der Waals surface area contributed by atoms with Crippen molar-refractivity contribution in [2.24, 2.45) is 4.99 Å². The van der Waals surface area contributed by atoms with Crippen molar-refractivity contribution in [3.63, 3.8) is 0 Å². The highest BCUT2D eigenvalue weighted by atomic mass is 79.9. The van der Waals surface area contributed by atoms with Crippen LogP contribution in [0.1, 0.15) is 27.7 Å². The third kappa shape index (κ3) is 3.96. The van der Waals surface area contributed by atoms with Gasteiger partial charge in [-0.2, -0.15) is 0 Å². The van der Waals surface area contributed by atoms with Gasteiger partial charge in [-0.25, -0.2) is 9.79 Å². The summed E-state index contributed by atoms with van der Waals surface area (Å²) in [6, 6.07) is 7.58. The van der Waals surface area contributed by atoms with Crippen LogP contribution in [0, 0.1) is 6.92 Å². The number of aryl methyl sites for hydroxylation is 1. The molecule has 0 saturated carbocycles. The van der Waals surface area contributed by atoms with Crippen molar-refractivity contribution in [3.8, 4) is 5.75 Å². The highest BCUT2D eigenvalue weighted by molar-refractivity contribution is 9.10. The van der Waals surface area contributed by atoms with Gasteiger partial charge in [0.1, 0.15) is 15.6 Å². The van der Waals surface area contributed by atoms with E-state index in [4.69, 9.17) is 9.47 Å². The van der Waals surface area contributed by atoms with Crippen LogP contribution < -0.4 is 4.74 Å². The number of nitrogens with zero attached hydrogens (tertiary/aromatic N) is 1. The SMILES string of the molecule is CCOC(=O)c1sc(/N=C/c2cc(Br)ccc2OC)cc1C. The lowest BCUT2D eigenvalue weighted by Crippen LogP contribution is -2.03. The van der Waals surface area contributed by atoms with E-state index < -0.39 is 0 Å². The van der Waals surface area contributed by atoms with Crippen LogP contribution in [0.25, 0.3) is 0 Å². The van der Waals surface area contributed by atoms with Crippen molar-refractivity contribution in [1.82, 2.24) is 0 Å². The summed E-state index contributed by atoms with van der Waals surface area (Å²) in [5, 5.41) is 0.752. The lowest BCUT2D eigenvalue weighted by molar-refractivity contribution is 0.0531. The van der Waals surface area contributed by atoms with E-state index in [-0.39, 0.29) is 5.97 Å². The van der Waals surface area contributed by atoms with Crippen molar-refractivity contribution < 1.29 is 14.3 Å². The molecule has 0 spiro atoms. The molecule has 2 aromatic rings. The fourth-order valence-corrected chi connectivity index (χ4v) is 3.16.